The van der Waals surface area contributed by atoms with Crippen molar-refractivity contribution in [3.05, 3.63) is 30.3 Å². The van der Waals surface area contributed by atoms with Gasteiger partial charge in [-0.2, -0.15) is 0 Å². The molecule has 15 heavy (non-hydrogen) atoms. The van der Waals surface area contributed by atoms with Gasteiger partial charge in [-0.05, 0) is 25.1 Å². The molecule has 1 N–H and O–H groups in total. The third-order valence-corrected chi connectivity index (χ3v) is 2.27. The predicted molar refractivity (Wildman–Crippen MR) is 67.3 cm³/mol. The first-order valence-corrected chi connectivity index (χ1v) is 5.66. The van der Waals surface area contributed by atoms with Crippen molar-refractivity contribution in [1.29, 1.82) is 0 Å². The third-order valence-electron chi connectivity index (χ3n) is 2.27. The highest BCUT2D eigenvalue weighted by molar-refractivity contribution is 5.42. The second kappa shape index (κ2) is 6.46. The Bertz CT molecular complexity index is 256. The van der Waals surface area contributed by atoms with Gasteiger partial charge in [0.25, 0.3) is 0 Å². The number of nitrogens with zero attached hydrogens (tertiary/aromatic N) is 1. The molecule has 2 heteroatoms. The summed E-state index contributed by atoms with van der Waals surface area (Å²) in [6.07, 6.45) is 0. The molecule has 1 aromatic carbocycles. The highest BCUT2D eigenvalue weighted by Gasteiger charge is 2.00. The molecule has 84 valence electrons. The number of likely N-dealkylation sites (N-methyl/N-ethyl adjacent to an activating group) is 1. The van der Waals surface area contributed by atoms with Crippen LogP contribution in [-0.4, -0.2) is 31.6 Å². The standard InChI is InChI=1S/C13H22N2/c1-12(2)11-15(3)10-9-14-13-7-5-4-6-8-13/h4-8,12,14H,9-11H2,1-3H3. The smallest absolute Gasteiger partial charge is 0.0340 e. The van der Waals surface area contributed by atoms with E-state index in [0.29, 0.717) is 0 Å². The van der Waals surface area contributed by atoms with Crippen molar-refractivity contribution in [3.63, 3.8) is 0 Å². The average molecular weight is 206 g/mol. The molecule has 0 radical (unpaired) electrons. The van der Waals surface area contributed by atoms with E-state index in [2.05, 4.69) is 55.4 Å². The monoisotopic (exact) mass is 206 g/mol. The average Bonchev–Trinajstić information content (AvgIpc) is 2.18. The first-order valence-electron chi connectivity index (χ1n) is 5.66. The fourth-order valence-electron chi connectivity index (χ4n) is 1.66. The molecule has 0 aliphatic heterocycles. The molecule has 0 aliphatic rings. The Morgan fingerprint density at radius 2 is 1.87 bits per heavy atom. The highest BCUT2D eigenvalue weighted by atomic mass is 15.1. The lowest BCUT2D eigenvalue weighted by Gasteiger charge is -2.19. The molecule has 0 aliphatic carbocycles. The van der Waals surface area contributed by atoms with Gasteiger partial charge >= 0.3 is 0 Å². The Morgan fingerprint density at radius 3 is 2.47 bits per heavy atom. The van der Waals surface area contributed by atoms with E-state index < -0.39 is 0 Å². The van der Waals surface area contributed by atoms with E-state index in [-0.39, 0.29) is 0 Å². The Balaban J connectivity index is 2.16. The van der Waals surface area contributed by atoms with Gasteiger partial charge in [0.05, 0.1) is 0 Å². The number of anilines is 1. The van der Waals surface area contributed by atoms with Crippen molar-refractivity contribution < 1.29 is 0 Å². The zero-order chi connectivity index (χ0) is 11.1. The summed E-state index contributed by atoms with van der Waals surface area (Å²) in [5.41, 5.74) is 1.20. The van der Waals surface area contributed by atoms with E-state index in [1.165, 1.54) is 5.69 Å². The van der Waals surface area contributed by atoms with Crippen molar-refractivity contribution in [2.45, 2.75) is 13.8 Å². The molecular formula is C13H22N2. The molecule has 0 atom stereocenters. The van der Waals surface area contributed by atoms with Crippen LogP contribution in [-0.2, 0) is 0 Å². The van der Waals surface area contributed by atoms with Gasteiger partial charge in [0.1, 0.15) is 0 Å². The number of hydrogen-bond donors (Lipinski definition) is 1. The maximum Gasteiger partial charge on any atom is 0.0340 e. The Hall–Kier alpha value is -1.02. The Labute approximate surface area is 93.3 Å². The molecule has 0 aromatic heterocycles. The van der Waals surface area contributed by atoms with Crippen molar-refractivity contribution in [2.75, 3.05) is 32.0 Å². The number of hydrogen-bond acceptors (Lipinski definition) is 2. The van der Waals surface area contributed by atoms with Crippen molar-refractivity contribution in [1.82, 2.24) is 4.90 Å². The lowest BCUT2D eigenvalue weighted by Crippen LogP contribution is -2.28. The van der Waals surface area contributed by atoms with Gasteiger partial charge in [0, 0.05) is 25.3 Å². The summed E-state index contributed by atoms with van der Waals surface area (Å²) in [6, 6.07) is 10.3. The molecule has 0 unspecified atom stereocenters. The fraction of sp³-hybridized carbons (Fsp3) is 0.538. The molecular weight excluding hydrogens is 184 g/mol. The minimum absolute atomic E-state index is 0.742. The van der Waals surface area contributed by atoms with Crippen LogP contribution in [0.1, 0.15) is 13.8 Å². The topological polar surface area (TPSA) is 15.3 Å². The largest absolute Gasteiger partial charge is 0.384 e. The molecule has 0 amide bonds. The number of para-hydroxylation sites is 1. The molecule has 0 fully saturated rings. The Kier molecular flexibility index (Phi) is 5.19. The molecule has 0 saturated heterocycles. The molecule has 0 heterocycles. The second-order valence-corrected chi connectivity index (χ2v) is 4.45. The zero-order valence-corrected chi connectivity index (χ0v) is 10.0. The highest BCUT2D eigenvalue weighted by Crippen LogP contribution is 2.04. The van der Waals surface area contributed by atoms with Crippen molar-refractivity contribution >= 4 is 5.69 Å². The maximum absolute atomic E-state index is 3.41. The van der Waals surface area contributed by atoms with E-state index >= 15 is 0 Å². The minimum atomic E-state index is 0.742. The van der Waals surface area contributed by atoms with Crippen LogP contribution in [0.5, 0.6) is 0 Å². The normalized spacial score (nSPS) is 11.0. The number of nitrogens with one attached hydrogen (secondary N) is 1. The van der Waals surface area contributed by atoms with Gasteiger partial charge in [0.2, 0.25) is 0 Å². The lowest BCUT2D eigenvalue weighted by molar-refractivity contribution is 0.306. The minimum Gasteiger partial charge on any atom is -0.384 e. The predicted octanol–water partition coefficient (Wildman–Crippen LogP) is 2.69. The third kappa shape index (κ3) is 5.43. The van der Waals surface area contributed by atoms with Crippen molar-refractivity contribution in [2.24, 2.45) is 5.92 Å². The second-order valence-electron chi connectivity index (χ2n) is 4.45. The van der Waals surface area contributed by atoms with Gasteiger partial charge in [-0.1, -0.05) is 32.0 Å². The van der Waals surface area contributed by atoms with E-state index in [1.54, 1.807) is 0 Å². The Morgan fingerprint density at radius 1 is 1.20 bits per heavy atom. The summed E-state index contributed by atoms with van der Waals surface area (Å²) < 4.78 is 0. The lowest BCUT2D eigenvalue weighted by atomic mass is 10.2. The van der Waals surface area contributed by atoms with Gasteiger partial charge in [-0.25, -0.2) is 0 Å². The van der Waals surface area contributed by atoms with E-state index in [1.807, 2.05) is 6.07 Å². The van der Waals surface area contributed by atoms with E-state index in [0.717, 1.165) is 25.6 Å². The van der Waals surface area contributed by atoms with Crippen molar-refractivity contribution in [3.8, 4) is 0 Å². The number of rotatable bonds is 6. The summed E-state index contributed by atoms with van der Waals surface area (Å²) in [5, 5.41) is 3.41. The van der Waals surface area contributed by atoms with Gasteiger partial charge in [0.15, 0.2) is 0 Å². The van der Waals surface area contributed by atoms with Gasteiger partial charge in [-0.3, -0.25) is 0 Å². The zero-order valence-electron chi connectivity index (χ0n) is 10.0. The van der Waals surface area contributed by atoms with Crippen LogP contribution in [0.2, 0.25) is 0 Å². The summed E-state index contributed by atoms with van der Waals surface area (Å²) in [6.45, 7) is 7.76. The van der Waals surface area contributed by atoms with Gasteiger partial charge in [-0.15, -0.1) is 0 Å². The SMILES string of the molecule is CC(C)CN(C)CCNc1ccccc1. The summed E-state index contributed by atoms with van der Waals surface area (Å²) in [7, 11) is 2.17. The quantitative estimate of drug-likeness (QED) is 0.770. The maximum atomic E-state index is 3.41. The summed E-state index contributed by atoms with van der Waals surface area (Å²) in [5.74, 6) is 0.742. The van der Waals surface area contributed by atoms with Crippen LogP contribution < -0.4 is 5.32 Å². The first kappa shape index (κ1) is 12.1. The van der Waals surface area contributed by atoms with Crippen LogP contribution in [0.25, 0.3) is 0 Å². The summed E-state index contributed by atoms with van der Waals surface area (Å²) in [4.78, 5) is 2.36. The molecule has 2 nitrogen and oxygen atoms in total. The fourth-order valence-corrected chi connectivity index (χ4v) is 1.66. The summed E-state index contributed by atoms with van der Waals surface area (Å²) >= 11 is 0. The van der Waals surface area contributed by atoms with Crippen LogP contribution in [0.15, 0.2) is 30.3 Å². The molecule has 0 bridgehead atoms. The van der Waals surface area contributed by atoms with Crippen LogP contribution in [0.3, 0.4) is 0 Å². The molecule has 1 aromatic rings. The number of benzene rings is 1. The van der Waals surface area contributed by atoms with E-state index in [4.69, 9.17) is 0 Å². The van der Waals surface area contributed by atoms with Crippen LogP contribution in [0, 0.1) is 5.92 Å². The first-order chi connectivity index (χ1) is 7.18. The van der Waals surface area contributed by atoms with Crippen LogP contribution in [0.4, 0.5) is 5.69 Å². The molecule has 0 saturated carbocycles. The van der Waals surface area contributed by atoms with Crippen LogP contribution >= 0.6 is 0 Å². The van der Waals surface area contributed by atoms with Gasteiger partial charge < -0.3 is 10.2 Å². The molecule has 1 rings (SSSR count). The van der Waals surface area contributed by atoms with E-state index in [9.17, 15) is 0 Å². The molecule has 0 spiro atoms.